The quantitative estimate of drug-likeness (QED) is 0.132. The highest BCUT2D eigenvalue weighted by atomic mass is 19.1. The average molecular weight is 619 g/mol. The van der Waals surface area contributed by atoms with Gasteiger partial charge in [-0.3, -0.25) is 9.59 Å². The number of hydrogen-bond acceptors (Lipinski definition) is 6. The zero-order chi connectivity index (χ0) is 32.5. The standard InChI is InChI=1S/C36H24F2N2O6/c1-45-35(43)23-7-3-21(4-8-23)31-29(19-41)33-34(39(31)27-15-11-25(37)12-16-27)30(20-42)32(40(33)28-17-13-26(38)14-18-28)22-5-9-24(10-6-22)36(44)46-2/h3-20H,1-2H3. The monoisotopic (exact) mass is 618 g/mol. The van der Waals surface area contributed by atoms with Gasteiger partial charge in [0.25, 0.3) is 0 Å². The summed E-state index contributed by atoms with van der Waals surface area (Å²) in [5, 5.41) is 0. The van der Waals surface area contributed by atoms with Crippen LogP contribution in [0.4, 0.5) is 8.78 Å². The van der Waals surface area contributed by atoms with Crippen LogP contribution in [0.25, 0.3) is 44.9 Å². The summed E-state index contributed by atoms with van der Waals surface area (Å²) in [6.07, 6.45) is 1.31. The van der Waals surface area contributed by atoms with Crippen LogP contribution in [-0.2, 0) is 9.47 Å². The Hall–Kier alpha value is -6.16. The Morgan fingerprint density at radius 2 is 0.870 bits per heavy atom. The summed E-state index contributed by atoms with van der Waals surface area (Å²) in [6, 6.07) is 23.9. The van der Waals surface area contributed by atoms with Crippen molar-refractivity contribution in [3.8, 4) is 33.9 Å². The fourth-order valence-electron chi connectivity index (χ4n) is 5.65. The van der Waals surface area contributed by atoms with E-state index in [4.69, 9.17) is 9.47 Å². The minimum Gasteiger partial charge on any atom is -0.465 e. The number of nitrogens with zero attached hydrogens (tertiary/aromatic N) is 2. The number of aldehydes is 2. The molecule has 8 nitrogen and oxygen atoms in total. The van der Waals surface area contributed by atoms with Gasteiger partial charge in [0.05, 0.1) is 58.9 Å². The van der Waals surface area contributed by atoms with Crippen LogP contribution in [0.1, 0.15) is 41.4 Å². The van der Waals surface area contributed by atoms with Crippen LogP contribution in [0.3, 0.4) is 0 Å². The predicted octanol–water partition coefficient (Wildman–Crippen LogP) is 7.23. The number of halogens is 2. The number of hydrogen-bond donors (Lipinski definition) is 0. The fraction of sp³-hybridized carbons (Fsp3) is 0.0556. The molecule has 0 amide bonds. The summed E-state index contributed by atoms with van der Waals surface area (Å²) < 4.78 is 41.3. The number of aromatic nitrogens is 2. The molecule has 0 unspecified atom stereocenters. The Labute approximate surface area is 261 Å². The molecule has 6 aromatic rings. The van der Waals surface area contributed by atoms with Crippen molar-refractivity contribution in [2.75, 3.05) is 14.2 Å². The molecular weight excluding hydrogens is 594 g/mol. The highest BCUT2D eigenvalue weighted by Gasteiger charge is 2.30. The molecule has 0 spiro atoms. The number of carbonyl (C=O) groups excluding carboxylic acids is 4. The van der Waals surface area contributed by atoms with E-state index in [0.717, 1.165) is 0 Å². The Kier molecular flexibility index (Phi) is 7.85. The first-order chi connectivity index (χ1) is 22.3. The van der Waals surface area contributed by atoms with Gasteiger partial charge in [0, 0.05) is 11.4 Å². The van der Waals surface area contributed by atoms with Crippen LogP contribution >= 0.6 is 0 Å². The van der Waals surface area contributed by atoms with Gasteiger partial charge in [0.15, 0.2) is 12.6 Å². The Balaban J connectivity index is 1.78. The Morgan fingerprint density at radius 3 is 1.15 bits per heavy atom. The van der Waals surface area contributed by atoms with Gasteiger partial charge in [-0.25, -0.2) is 18.4 Å². The van der Waals surface area contributed by atoms with Crippen LogP contribution in [0, 0.1) is 11.6 Å². The Bertz CT molecular complexity index is 1970. The summed E-state index contributed by atoms with van der Waals surface area (Å²) in [6.45, 7) is 0. The Morgan fingerprint density at radius 1 is 0.543 bits per heavy atom. The lowest BCUT2D eigenvalue weighted by atomic mass is 10.0. The lowest BCUT2D eigenvalue weighted by Crippen LogP contribution is -2.04. The van der Waals surface area contributed by atoms with E-state index in [1.165, 1.54) is 62.8 Å². The van der Waals surface area contributed by atoms with E-state index < -0.39 is 23.6 Å². The molecule has 228 valence electrons. The highest BCUT2D eigenvalue weighted by molar-refractivity contribution is 6.14. The van der Waals surface area contributed by atoms with Gasteiger partial charge in [-0.05, 0) is 83.9 Å². The van der Waals surface area contributed by atoms with Crippen molar-refractivity contribution in [3.63, 3.8) is 0 Å². The third-order valence-electron chi connectivity index (χ3n) is 7.70. The van der Waals surface area contributed by atoms with E-state index in [1.807, 2.05) is 0 Å². The third-order valence-corrected chi connectivity index (χ3v) is 7.70. The van der Waals surface area contributed by atoms with Gasteiger partial charge in [0.2, 0.25) is 0 Å². The topological polar surface area (TPSA) is 96.6 Å². The minimum atomic E-state index is -0.546. The molecule has 0 N–H and O–H groups in total. The largest absolute Gasteiger partial charge is 0.465 e. The first-order valence-electron chi connectivity index (χ1n) is 13.9. The number of carbonyl (C=O) groups is 4. The van der Waals surface area contributed by atoms with Crippen LogP contribution in [0.15, 0.2) is 97.1 Å². The molecule has 46 heavy (non-hydrogen) atoms. The average Bonchev–Trinajstić information content (AvgIpc) is 3.60. The van der Waals surface area contributed by atoms with Crippen LogP contribution in [0.5, 0.6) is 0 Å². The molecule has 2 heterocycles. The van der Waals surface area contributed by atoms with E-state index >= 15 is 0 Å². The molecule has 0 aliphatic rings. The fourth-order valence-corrected chi connectivity index (χ4v) is 5.65. The first kappa shape index (κ1) is 29.9. The van der Waals surface area contributed by atoms with Crippen molar-refractivity contribution in [3.05, 3.63) is 131 Å². The molecule has 0 aliphatic heterocycles. The van der Waals surface area contributed by atoms with Crippen molar-refractivity contribution in [1.82, 2.24) is 9.13 Å². The number of esters is 2. The van der Waals surface area contributed by atoms with Crippen molar-refractivity contribution in [2.45, 2.75) is 0 Å². The molecule has 6 rings (SSSR count). The lowest BCUT2D eigenvalue weighted by molar-refractivity contribution is 0.0592. The summed E-state index contributed by atoms with van der Waals surface area (Å²) in [5.41, 5.74) is 4.23. The number of methoxy groups -OCH3 is 2. The molecule has 4 aromatic carbocycles. The van der Waals surface area contributed by atoms with Gasteiger partial charge < -0.3 is 18.6 Å². The minimum absolute atomic E-state index is 0.176. The molecule has 0 bridgehead atoms. The van der Waals surface area contributed by atoms with Crippen LogP contribution in [0.2, 0.25) is 0 Å². The van der Waals surface area contributed by atoms with Gasteiger partial charge in [-0.15, -0.1) is 0 Å². The number of rotatable bonds is 8. The highest BCUT2D eigenvalue weighted by Crippen LogP contribution is 2.44. The van der Waals surface area contributed by atoms with Gasteiger partial charge in [-0.1, -0.05) is 24.3 Å². The molecule has 0 saturated carbocycles. The molecule has 0 atom stereocenters. The first-order valence-corrected chi connectivity index (χ1v) is 13.9. The van der Waals surface area contributed by atoms with E-state index in [2.05, 4.69) is 0 Å². The van der Waals surface area contributed by atoms with Crippen molar-refractivity contribution >= 4 is 35.5 Å². The smallest absolute Gasteiger partial charge is 0.337 e. The molecule has 0 aliphatic carbocycles. The number of benzene rings is 4. The molecule has 10 heteroatoms. The van der Waals surface area contributed by atoms with Crippen molar-refractivity contribution < 1.29 is 37.4 Å². The SMILES string of the molecule is COC(=O)c1ccc(-c2c(C=O)c3c(c(C=O)c(-c4ccc(C(=O)OC)cc4)n3-c3ccc(F)cc3)n2-c2ccc(F)cc2)cc1. The molecular formula is C36H24F2N2O6. The van der Waals surface area contributed by atoms with E-state index in [9.17, 15) is 28.0 Å². The van der Waals surface area contributed by atoms with E-state index in [-0.39, 0.29) is 22.3 Å². The zero-order valence-electron chi connectivity index (χ0n) is 24.5. The third kappa shape index (κ3) is 4.95. The predicted molar refractivity (Wildman–Crippen MR) is 167 cm³/mol. The summed E-state index contributed by atoms with van der Waals surface area (Å²) >= 11 is 0. The molecule has 0 fully saturated rings. The summed E-state index contributed by atoms with van der Waals surface area (Å²) in [4.78, 5) is 50.5. The molecule has 0 radical (unpaired) electrons. The van der Waals surface area contributed by atoms with Gasteiger partial charge in [0.1, 0.15) is 11.6 Å². The molecule has 2 aromatic heterocycles. The summed E-state index contributed by atoms with van der Waals surface area (Å²) in [7, 11) is 2.53. The van der Waals surface area contributed by atoms with Gasteiger partial charge in [-0.2, -0.15) is 0 Å². The molecule has 0 saturated heterocycles. The lowest BCUT2D eigenvalue weighted by Gasteiger charge is -2.15. The number of ether oxygens (including phenoxy) is 2. The maximum absolute atomic E-state index is 14.1. The number of fused-ring (bicyclic) bond motifs is 1. The van der Waals surface area contributed by atoms with E-state index in [1.54, 1.807) is 57.7 Å². The normalized spacial score (nSPS) is 11.0. The second-order valence-electron chi connectivity index (χ2n) is 10.2. The second-order valence-corrected chi connectivity index (χ2v) is 10.2. The van der Waals surface area contributed by atoms with Crippen molar-refractivity contribution in [1.29, 1.82) is 0 Å². The van der Waals surface area contributed by atoms with Crippen LogP contribution < -0.4 is 0 Å². The van der Waals surface area contributed by atoms with Crippen LogP contribution in [-0.4, -0.2) is 47.9 Å². The van der Waals surface area contributed by atoms with Gasteiger partial charge >= 0.3 is 11.9 Å². The maximum Gasteiger partial charge on any atom is 0.337 e. The maximum atomic E-state index is 14.1. The second kappa shape index (κ2) is 12.1. The van der Waals surface area contributed by atoms with E-state index in [0.29, 0.717) is 57.5 Å². The van der Waals surface area contributed by atoms with Crippen molar-refractivity contribution in [2.24, 2.45) is 0 Å². The zero-order valence-corrected chi connectivity index (χ0v) is 24.5. The summed E-state index contributed by atoms with van der Waals surface area (Å²) in [5.74, 6) is -2.07.